The number of carboxylic acids is 1. The summed E-state index contributed by atoms with van der Waals surface area (Å²) in [5.41, 5.74) is 2.66. The first-order valence-corrected chi connectivity index (χ1v) is 9.43. The van der Waals surface area contributed by atoms with Gasteiger partial charge in [0.25, 0.3) is 0 Å². The summed E-state index contributed by atoms with van der Waals surface area (Å²) in [6, 6.07) is 12.8. The predicted molar refractivity (Wildman–Crippen MR) is 111 cm³/mol. The van der Waals surface area contributed by atoms with Gasteiger partial charge in [-0.15, -0.1) is 0 Å². The van der Waals surface area contributed by atoms with Gasteiger partial charge in [-0.3, -0.25) is 4.99 Å². The lowest BCUT2D eigenvalue weighted by molar-refractivity contribution is -0.132. The van der Waals surface area contributed by atoms with Gasteiger partial charge < -0.3 is 10.2 Å². The topological polar surface area (TPSA) is 69.9 Å². The zero-order chi connectivity index (χ0) is 19.8. The minimum atomic E-state index is -1.27. The lowest BCUT2D eigenvalue weighted by Gasteiger charge is -2.09. The molecule has 2 aromatic carbocycles. The first kappa shape index (κ1) is 20.7. The minimum absolute atomic E-state index is 0.287. The van der Waals surface area contributed by atoms with E-state index < -0.39 is 11.7 Å². The number of rotatable bonds is 8. The molecule has 0 aliphatic carbocycles. The minimum Gasteiger partial charge on any atom is -0.506 e. The Balaban J connectivity index is 2.33. The van der Waals surface area contributed by atoms with Crippen molar-refractivity contribution >= 4 is 35.2 Å². The van der Waals surface area contributed by atoms with Crippen LogP contribution in [0.5, 0.6) is 0 Å². The summed E-state index contributed by atoms with van der Waals surface area (Å²) in [7, 11) is 0. The number of carbonyl (C=O) groups is 1. The zero-order valence-corrected chi connectivity index (χ0v) is 16.3. The molecule has 2 aromatic rings. The fraction of sp³-hybridized carbons (Fsp3) is 0.273. The standard InChI is InChI=1S/C22H24ClNO3/c1-3-5-7-15-10-12-17(13-11-15)24-14-19(22(26)27)21(25)18-9-6-8-16(4-2)20(18)23/h6,8-14,25H,3-5,7H2,1-2H3,(H,26,27). The van der Waals surface area contributed by atoms with E-state index in [4.69, 9.17) is 11.6 Å². The highest BCUT2D eigenvalue weighted by Crippen LogP contribution is 2.28. The Morgan fingerprint density at radius 2 is 1.81 bits per heavy atom. The number of hydrogen-bond acceptors (Lipinski definition) is 3. The van der Waals surface area contributed by atoms with Gasteiger partial charge in [0.05, 0.1) is 10.7 Å². The molecule has 0 unspecified atom stereocenters. The van der Waals surface area contributed by atoms with Crippen molar-refractivity contribution in [3.05, 3.63) is 69.8 Å². The smallest absolute Gasteiger partial charge is 0.341 e. The quantitative estimate of drug-likeness (QED) is 0.332. The second-order valence-electron chi connectivity index (χ2n) is 6.23. The normalized spacial score (nSPS) is 12.3. The van der Waals surface area contributed by atoms with E-state index in [2.05, 4.69) is 11.9 Å². The van der Waals surface area contributed by atoms with E-state index in [0.29, 0.717) is 17.1 Å². The van der Waals surface area contributed by atoms with E-state index in [-0.39, 0.29) is 11.1 Å². The summed E-state index contributed by atoms with van der Waals surface area (Å²) in [4.78, 5) is 15.8. The molecule has 0 spiro atoms. The lowest BCUT2D eigenvalue weighted by Crippen LogP contribution is -2.06. The first-order chi connectivity index (χ1) is 13.0. The SMILES string of the molecule is CCCCc1ccc(N=CC(C(=O)O)=C(O)c2cccc(CC)c2Cl)cc1. The highest BCUT2D eigenvalue weighted by Gasteiger charge is 2.17. The third-order valence-corrected chi connectivity index (χ3v) is 4.74. The van der Waals surface area contributed by atoms with Crippen LogP contribution in [0.25, 0.3) is 5.76 Å². The molecule has 27 heavy (non-hydrogen) atoms. The predicted octanol–water partition coefficient (Wildman–Crippen LogP) is 6.00. The Kier molecular flexibility index (Phi) is 7.62. The van der Waals surface area contributed by atoms with Crippen LogP contribution in [-0.4, -0.2) is 22.4 Å². The van der Waals surface area contributed by atoms with Gasteiger partial charge in [0.1, 0.15) is 11.3 Å². The molecule has 2 rings (SSSR count). The van der Waals surface area contributed by atoms with Crippen LogP contribution in [0.3, 0.4) is 0 Å². The van der Waals surface area contributed by atoms with Crippen LogP contribution in [-0.2, 0) is 17.6 Å². The molecule has 0 aromatic heterocycles. The van der Waals surface area contributed by atoms with Crippen LogP contribution < -0.4 is 0 Å². The second-order valence-corrected chi connectivity index (χ2v) is 6.61. The summed E-state index contributed by atoms with van der Waals surface area (Å²) in [6.45, 7) is 4.09. The van der Waals surface area contributed by atoms with Crippen molar-refractivity contribution in [2.24, 2.45) is 4.99 Å². The Hall–Kier alpha value is -2.59. The van der Waals surface area contributed by atoms with Gasteiger partial charge in [0.15, 0.2) is 0 Å². The van der Waals surface area contributed by atoms with Crippen molar-refractivity contribution in [2.45, 2.75) is 39.5 Å². The van der Waals surface area contributed by atoms with E-state index in [1.54, 1.807) is 12.1 Å². The first-order valence-electron chi connectivity index (χ1n) is 9.05. The van der Waals surface area contributed by atoms with Gasteiger partial charge in [0, 0.05) is 11.8 Å². The maximum atomic E-state index is 11.6. The maximum absolute atomic E-state index is 11.6. The van der Waals surface area contributed by atoms with Crippen LogP contribution in [0.2, 0.25) is 5.02 Å². The molecule has 0 fully saturated rings. The van der Waals surface area contributed by atoms with Crippen LogP contribution >= 0.6 is 11.6 Å². The Morgan fingerprint density at radius 3 is 2.41 bits per heavy atom. The van der Waals surface area contributed by atoms with Crippen molar-refractivity contribution in [3.8, 4) is 0 Å². The molecule has 0 aliphatic rings. The summed E-state index contributed by atoms with van der Waals surface area (Å²) in [6.07, 6.45) is 5.11. The summed E-state index contributed by atoms with van der Waals surface area (Å²) in [5.74, 6) is -1.67. The number of aliphatic imine (C=N–C) groups is 1. The molecule has 0 heterocycles. The third kappa shape index (κ3) is 5.44. The van der Waals surface area contributed by atoms with Gasteiger partial charge in [-0.2, -0.15) is 0 Å². The number of hydrogen-bond donors (Lipinski definition) is 2. The van der Waals surface area contributed by atoms with Crippen LogP contribution in [0.1, 0.15) is 43.4 Å². The van der Waals surface area contributed by atoms with Crippen LogP contribution in [0.4, 0.5) is 5.69 Å². The monoisotopic (exact) mass is 385 g/mol. The summed E-state index contributed by atoms with van der Waals surface area (Å²) < 4.78 is 0. The van der Waals surface area contributed by atoms with E-state index in [1.807, 2.05) is 37.3 Å². The average molecular weight is 386 g/mol. The third-order valence-electron chi connectivity index (χ3n) is 4.30. The molecule has 142 valence electrons. The Labute approximate surface area is 164 Å². The summed E-state index contributed by atoms with van der Waals surface area (Å²) in [5, 5.41) is 20.3. The molecule has 0 radical (unpaired) electrons. The largest absolute Gasteiger partial charge is 0.506 e. The van der Waals surface area contributed by atoms with E-state index in [0.717, 1.165) is 31.0 Å². The van der Waals surface area contributed by atoms with Crippen molar-refractivity contribution < 1.29 is 15.0 Å². The Morgan fingerprint density at radius 1 is 1.11 bits per heavy atom. The van der Waals surface area contributed by atoms with Crippen molar-refractivity contribution in [3.63, 3.8) is 0 Å². The molecular weight excluding hydrogens is 362 g/mol. The fourth-order valence-corrected chi connectivity index (χ4v) is 3.02. The molecule has 0 saturated carbocycles. The average Bonchev–Trinajstić information content (AvgIpc) is 2.67. The zero-order valence-electron chi connectivity index (χ0n) is 15.6. The highest BCUT2D eigenvalue weighted by molar-refractivity contribution is 6.33. The molecular formula is C22H24ClNO3. The number of halogens is 1. The summed E-state index contributed by atoms with van der Waals surface area (Å²) >= 11 is 6.30. The Bertz CT molecular complexity index is 854. The van der Waals surface area contributed by atoms with E-state index in [9.17, 15) is 15.0 Å². The number of carboxylic acid groups (broad SMARTS) is 1. The lowest BCUT2D eigenvalue weighted by atomic mass is 10.0. The van der Waals surface area contributed by atoms with Crippen molar-refractivity contribution in [2.75, 3.05) is 0 Å². The highest BCUT2D eigenvalue weighted by atomic mass is 35.5. The maximum Gasteiger partial charge on any atom is 0.341 e. The molecule has 4 nitrogen and oxygen atoms in total. The fourth-order valence-electron chi connectivity index (χ4n) is 2.67. The van der Waals surface area contributed by atoms with Gasteiger partial charge >= 0.3 is 5.97 Å². The molecule has 0 saturated heterocycles. The van der Waals surface area contributed by atoms with Gasteiger partial charge in [-0.05, 0) is 48.6 Å². The number of unbranched alkanes of at least 4 members (excludes halogenated alkanes) is 1. The molecule has 5 heteroatoms. The number of aryl methyl sites for hydroxylation is 2. The molecule has 0 bridgehead atoms. The molecule has 0 atom stereocenters. The van der Waals surface area contributed by atoms with E-state index in [1.165, 1.54) is 5.56 Å². The molecule has 0 amide bonds. The van der Waals surface area contributed by atoms with Gasteiger partial charge in [-0.25, -0.2) is 4.79 Å². The van der Waals surface area contributed by atoms with Crippen LogP contribution in [0.15, 0.2) is 53.0 Å². The van der Waals surface area contributed by atoms with Gasteiger partial charge in [0.2, 0.25) is 0 Å². The second kappa shape index (κ2) is 9.93. The number of nitrogens with zero attached hydrogens (tertiary/aromatic N) is 1. The van der Waals surface area contributed by atoms with Gasteiger partial charge in [-0.1, -0.05) is 56.1 Å². The van der Waals surface area contributed by atoms with E-state index >= 15 is 0 Å². The number of benzene rings is 2. The molecule has 2 N–H and O–H groups in total. The molecule has 0 aliphatic heterocycles. The van der Waals surface area contributed by atoms with Crippen LogP contribution in [0, 0.1) is 0 Å². The number of aliphatic carboxylic acids is 1. The number of aliphatic hydroxyl groups is 1. The number of aliphatic hydroxyl groups excluding tert-OH is 1. The van der Waals surface area contributed by atoms with Crippen molar-refractivity contribution in [1.29, 1.82) is 0 Å². The van der Waals surface area contributed by atoms with Crippen molar-refractivity contribution in [1.82, 2.24) is 0 Å².